The van der Waals surface area contributed by atoms with Gasteiger partial charge in [-0.2, -0.15) is 0 Å². The standard InChI is InChI=1S/C23H33BrN2O4/c1-5-6-9-30-21-17-11-18(24)20(27)10-16(17)13-25(12-15-7-8-15)19(21)14-26(22(28)29)23(2,3)4/h11,13,15,18H,5-10,12,14H2,1-4H3,(H,28,29). The molecule has 7 heteroatoms. The molecule has 0 radical (unpaired) electrons. The largest absolute Gasteiger partial charge is 0.491 e. The predicted molar refractivity (Wildman–Crippen MR) is 120 cm³/mol. The van der Waals surface area contributed by atoms with Crippen LogP contribution in [0.5, 0.6) is 0 Å². The highest BCUT2D eigenvalue weighted by atomic mass is 79.9. The zero-order valence-corrected chi connectivity index (χ0v) is 20.0. The first-order valence-corrected chi connectivity index (χ1v) is 11.8. The van der Waals surface area contributed by atoms with E-state index in [1.54, 1.807) is 0 Å². The number of carbonyl (C=O) groups is 2. The van der Waals surface area contributed by atoms with E-state index >= 15 is 0 Å². The summed E-state index contributed by atoms with van der Waals surface area (Å²) < 4.78 is 6.29. The van der Waals surface area contributed by atoms with E-state index in [-0.39, 0.29) is 17.2 Å². The van der Waals surface area contributed by atoms with Crippen molar-refractivity contribution in [3.05, 3.63) is 34.9 Å². The van der Waals surface area contributed by atoms with Crippen molar-refractivity contribution in [3.8, 4) is 0 Å². The number of hydrogen-bond acceptors (Lipinski definition) is 4. The lowest BCUT2D eigenvalue weighted by atomic mass is 9.88. The Balaban J connectivity index is 2.05. The minimum atomic E-state index is -0.949. The first kappa shape index (κ1) is 22.9. The van der Waals surface area contributed by atoms with Gasteiger partial charge in [0.15, 0.2) is 5.78 Å². The molecule has 3 aliphatic rings. The summed E-state index contributed by atoms with van der Waals surface area (Å²) in [6, 6.07) is 0. The number of carbonyl (C=O) groups excluding carboxylic acids is 1. The molecule has 0 aromatic heterocycles. The first-order valence-electron chi connectivity index (χ1n) is 10.8. The Hall–Kier alpha value is -1.76. The predicted octanol–water partition coefficient (Wildman–Crippen LogP) is 5.07. The molecule has 2 aliphatic carbocycles. The van der Waals surface area contributed by atoms with Crippen molar-refractivity contribution in [2.45, 2.75) is 70.2 Å². The average Bonchev–Trinajstić information content (AvgIpc) is 3.45. The van der Waals surface area contributed by atoms with Gasteiger partial charge in [-0.25, -0.2) is 4.79 Å². The van der Waals surface area contributed by atoms with Crippen LogP contribution in [-0.4, -0.2) is 56.8 Å². The van der Waals surface area contributed by atoms with Crippen LogP contribution in [0.15, 0.2) is 34.9 Å². The number of rotatable bonds is 8. The quantitative estimate of drug-likeness (QED) is 0.388. The summed E-state index contributed by atoms with van der Waals surface area (Å²) in [6.45, 7) is 9.47. The maximum Gasteiger partial charge on any atom is 0.408 e. The molecule has 1 heterocycles. The van der Waals surface area contributed by atoms with E-state index in [1.807, 2.05) is 33.0 Å². The monoisotopic (exact) mass is 480 g/mol. The van der Waals surface area contributed by atoms with Gasteiger partial charge in [0, 0.05) is 30.3 Å². The van der Waals surface area contributed by atoms with Crippen molar-refractivity contribution in [3.63, 3.8) is 0 Å². The molecular weight excluding hydrogens is 448 g/mol. The molecule has 166 valence electrons. The van der Waals surface area contributed by atoms with Crippen molar-refractivity contribution in [2.75, 3.05) is 19.7 Å². The fraction of sp³-hybridized carbons (Fsp3) is 0.652. The lowest BCUT2D eigenvalue weighted by Gasteiger charge is -2.40. The molecule has 1 amide bonds. The number of amides is 1. The lowest BCUT2D eigenvalue weighted by Crippen LogP contribution is -2.48. The molecule has 1 N–H and O–H groups in total. The van der Waals surface area contributed by atoms with Crippen molar-refractivity contribution >= 4 is 27.8 Å². The fourth-order valence-electron chi connectivity index (χ4n) is 3.74. The van der Waals surface area contributed by atoms with Gasteiger partial charge in [0.25, 0.3) is 0 Å². The van der Waals surface area contributed by atoms with Crippen LogP contribution in [0.3, 0.4) is 0 Å². The van der Waals surface area contributed by atoms with Gasteiger partial charge in [-0.15, -0.1) is 0 Å². The Morgan fingerprint density at radius 3 is 2.63 bits per heavy atom. The molecule has 0 aromatic rings. The van der Waals surface area contributed by atoms with Crippen LogP contribution < -0.4 is 0 Å². The van der Waals surface area contributed by atoms with E-state index in [9.17, 15) is 14.7 Å². The van der Waals surface area contributed by atoms with Gasteiger partial charge in [0.05, 0.1) is 23.7 Å². The highest BCUT2D eigenvalue weighted by Gasteiger charge is 2.37. The first-order chi connectivity index (χ1) is 14.1. The molecule has 0 saturated heterocycles. The van der Waals surface area contributed by atoms with Crippen LogP contribution in [0.25, 0.3) is 0 Å². The zero-order valence-electron chi connectivity index (χ0n) is 18.4. The highest BCUT2D eigenvalue weighted by molar-refractivity contribution is 9.10. The second kappa shape index (κ2) is 9.16. The average molecular weight is 481 g/mol. The fourth-order valence-corrected chi connectivity index (χ4v) is 4.17. The molecule has 1 fully saturated rings. The van der Waals surface area contributed by atoms with Crippen LogP contribution in [-0.2, 0) is 9.53 Å². The SMILES string of the molecule is CCCCOC1=C(CN(C(=O)O)C(C)(C)C)N(CC2CC2)C=C2CC(=O)C(Br)C=C21. The number of hydrogen-bond donors (Lipinski definition) is 1. The Morgan fingerprint density at radius 2 is 2.07 bits per heavy atom. The molecule has 0 bridgehead atoms. The molecular formula is C23H33BrN2O4. The van der Waals surface area contributed by atoms with Crippen LogP contribution in [0.4, 0.5) is 4.79 Å². The van der Waals surface area contributed by atoms with E-state index in [4.69, 9.17) is 4.74 Å². The number of ketones is 1. The molecule has 6 nitrogen and oxygen atoms in total. The number of nitrogens with zero attached hydrogens (tertiary/aromatic N) is 2. The molecule has 0 aromatic carbocycles. The second-order valence-corrected chi connectivity index (χ2v) is 10.4. The van der Waals surface area contributed by atoms with E-state index in [0.29, 0.717) is 18.9 Å². The van der Waals surface area contributed by atoms with Gasteiger partial charge in [-0.3, -0.25) is 9.69 Å². The van der Waals surface area contributed by atoms with Crippen LogP contribution in [0.1, 0.15) is 59.8 Å². The molecule has 1 saturated carbocycles. The summed E-state index contributed by atoms with van der Waals surface area (Å²) in [5.41, 5.74) is 2.22. The minimum Gasteiger partial charge on any atom is -0.491 e. The summed E-state index contributed by atoms with van der Waals surface area (Å²) in [5, 5.41) is 9.89. The lowest BCUT2D eigenvalue weighted by molar-refractivity contribution is -0.117. The van der Waals surface area contributed by atoms with Crippen LogP contribution in [0, 0.1) is 5.92 Å². The number of ether oxygens (including phenoxy) is 1. The maximum atomic E-state index is 12.3. The summed E-state index contributed by atoms with van der Waals surface area (Å²) >= 11 is 3.47. The molecule has 1 unspecified atom stereocenters. The van der Waals surface area contributed by atoms with E-state index in [1.165, 1.54) is 17.7 Å². The molecule has 0 spiro atoms. The van der Waals surface area contributed by atoms with E-state index in [2.05, 4.69) is 27.8 Å². The Kier molecular flexibility index (Phi) is 7.00. The number of halogens is 1. The molecule has 1 atom stereocenters. The third kappa shape index (κ3) is 5.29. The van der Waals surface area contributed by atoms with E-state index in [0.717, 1.165) is 42.0 Å². The number of Topliss-reactive ketones (excluding diaryl/α,β-unsaturated/α-hetero) is 1. The highest BCUT2D eigenvalue weighted by Crippen LogP contribution is 2.40. The van der Waals surface area contributed by atoms with Gasteiger partial charge < -0.3 is 14.7 Å². The van der Waals surface area contributed by atoms with E-state index < -0.39 is 11.6 Å². The molecule has 3 rings (SSSR count). The number of unbranched alkanes of at least 4 members (excludes halogenated alkanes) is 1. The van der Waals surface area contributed by atoms with Gasteiger partial charge >= 0.3 is 6.09 Å². The number of carboxylic acid groups (broad SMARTS) is 1. The summed E-state index contributed by atoms with van der Waals surface area (Å²) in [4.78, 5) is 27.7. The second-order valence-electron chi connectivity index (χ2n) is 9.39. The minimum absolute atomic E-state index is 0.134. The normalized spacial score (nSPS) is 21.8. The number of alkyl halides is 1. The molecule has 30 heavy (non-hydrogen) atoms. The van der Waals surface area contributed by atoms with Gasteiger partial charge in [0.2, 0.25) is 0 Å². The number of fused-ring (bicyclic) bond motifs is 1. The van der Waals surface area contributed by atoms with Crippen molar-refractivity contribution in [2.24, 2.45) is 5.92 Å². The van der Waals surface area contributed by atoms with Crippen LogP contribution >= 0.6 is 15.9 Å². The Labute approximate surface area is 187 Å². The third-order valence-electron chi connectivity index (χ3n) is 5.74. The topological polar surface area (TPSA) is 70.1 Å². The number of allylic oxidation sites excluding steroid dienone is 2. The summed E-state index contributed by atoms with van der Waals surface area (Å²) in [6.07, 6.45) is 7.68. The van der Waals surface area contributed by atoms with Crippen molar-refractivity contribution < 1.29 is 19.4 Å². The van der Waals surface area contributed by atoms with Crippen molar-refractivity contribution in [1.82, 2.24) is 9.80 Å². The van der Waals surface area contributed by atoms with Gasteiger partial charge in [-0.1, -0.05) is 35.4 Å². The maximum absolute atomic E-state index is 12.3. The smallest absolute Gasteiger partial charge is 0.408 e. The van der Waals surface area contributed by atoms with Gasteiger partial charge in [-0.05, 0) is 51.5 Å². The zero-order chi connectivity index (χ0) is 22.1. The molecule has 1 aliphatic heterocycles. The van der Waals surface area contributed by atoms with Crippen LogP contribution in [0.2, 0.25) is 0 Å². The summed E-state index contributed by atoms with van der Waals surface area (Å²) in [5.74, 6) is 1.47. The third-order valence-corrected chi connectivity index (χ3v) is 6.52. The summed E-state index contributed by atoms with van der Waals surface area (Å²) in [7, 11) is 0. The Morgan fingerprint density at radius 1 is 1.37 bits per heavy atom. The Bertz CT molecular complexity index is 790. The van der Waals surface area contributed by atoms with Crippen molar-refractivity contribution in [1.29, 1.82) is 0 Å². The van der Waals surface area contributed by atoms with Gasteiger partial charge in [0.1, 0.15) is 5.76 Å².